The number of carbonyl (C=O) groups is 2. The first kappa shape index (κ1) is 27.6. The topological polar surface area (TPSA) is 86.8 Å². The molecule has 0 radical (unpaired) electrons. The molecule has 0 saturated heterocycles. The van der Waals surface area contributed by atoms with Gasteiger partial charge in [0.05, 0.1) is 17.0 Å². The molecular formula is C24H28Cl3N3O4S. The van der Waals surface area contributed by atoms with Crippen LogP contribution in [0.2, 0.25) is 15.1 Å². The molecular weight excluding hydrogens is 533 g/mol. The van der Waals surface area contributed by atoms with Gasteiger partial charge in [0.1, 0.15) is 12.6 Å². The highest BCUT2D eigenvalue weighted by Crippen LogP contribution is 2.31. The number of anilines is 1. The lowest BCUT2D eigenvalue weighted by molar-refractivity contribution is -0.139. The molecule has 1 aliphatic carbocycles. The summed E-state index contributed by atoms with van der Waals surface area (Å²) in [6.45, 7) is 1.08. The molecule has 1 aliphatic rings. The average molecular weight is 561 g/mol. The lowest BCUT2D eigenvalue weighted by Crippen LogP contribution is -2.52. The summed E-state index contributed by atoms with van der Waals surface area (Å²) in [6.07, 6.45) is 4.86. The molecule has 0 spiro atoms. The van der Waals surface area contributed by atoms with Crippen molar-refractivity contribution >= 4 is 62.3 Å². The summed E-state index contributed by atoms with van der Waals surface area (Å²) in [6, 6.07) is 10.6. The number of nitrogens with one attached hydrogen (secondary N) is 1. The van der Waals surface area contributed by atoms with Gasteiger partial charge in [-0.15, -0.1) is 0 Å². The number of benzene rings is 2. The molecule has 0 aliphatic heterocycles. The van der Waals surface area contributed by atoms with Crippen molar-refractivity contribution in [3.8, 4) is 0 Å². The van der Waals surface area contributed by atoms with E-state index in [-0.39, 0.29) is 34.2 Å². The Kier molecular flexibility index (Phi) is 9.32. The molecule has 1 N–H and O–H groups in total. The molecule has 0 unspecified atom stereocenters. The van der Waals surface area contributed by atoms with Gasteiger partial charge in [0.25, 0.3) is 0 Å². The average Bonchev–Trinajstić information content (AvgIpc) is 3.30. The minimum atomic E-state index is -3.92. The monoisotopic (exact) mass is 559 g/mol. The molecule has 1 fully saturated rings. The van der Waals surface area contributed by atoms with Gasteiger partial charge in [-0.1, -0.05) is 65.8 Å². The van der Waals surface area contributed by atoms with Gasteiger partial charge in [-0.25, -0.2) is 8.42 Å². The molecule has 190 valence electrons. The van der Waals surface area contributed by atoms with Crippen molar-refractivity contribution in [3.63, 3.8) is 0 Å². The second-order valence-electron chi connectivity index (χ2n) is 8.64. The smallest absolute Gasteiger partial charge is 0.244 e. The number of hydrogen-bond donors (Lipinski definition) is 1. The van der Waals surface area contributed by atoms with E-state index in [4.69, 9.17) is 34.8 Å². The number of carbonyl (C=O) groups excluding carboxylic acids is 2. The van der Waals surface area contributed by atoms with Crippen LogP contribution in [0.1, 0.15) is 38.2 Å². The zero-order valence-corrected chi connectivity index (χ0v) is 22.6. The van der Waals surface area contributed by atoms with Gasteiger partial charge in [-0.3, -0.25) is 13.9 Å². The van der Waals surface area contributed by atoms with Crippen molar-refractivity contribution in [2.24, 2.45) is 0 Å². The van der Waals surface area contributed by atoms with Crippen LogP contribution in [0.15, 0.2) is 42.5 Å². The Morgan fingerprint density at radius 3 is 2.34 bits per heavy atom. The van der Waals surface area contributed by atoms with Crippen molar-refractivity contribution in [2.75, 3.05) is 17.1 Å². The quantitative estimate of drug-likeness (QED) is 0.473. The summed E-state index contributed by atoms with van der Waals surface area (Å²) < 4.78 is 26.2. The highest BCUT2D eigenvalue weighted by molar-refractivity contribution is 7.92. The van der Waals surface area contributed by atoms with Gasteiger partial charge in [0.15, 0.2) is 0 Å². The molecule has 2 amide bonds. The van der Waals surface area contributed by atoms with Crippen LogP contribution in [0.5, 0.6) is 0 Å². The van der Waals surface area contributed by atoms with E-state index in [9.17, 15) is 18.0 Å². The Morgan fingerprint density at radius 2 is 1.71 bits per heavy atom. The van der Waals surface area contributed by atoms with Crippen molar-refractivity contribution in [2.45, 2.75) is 51.2 Å². The lowest BCUT2D eigenvalue weighted by Gasteiger charge is -2.32. The van der Waals surface area contributed by atoms with Crippen LogP contribution in [0.3, 0.4) is 0 Å². The van der Waals surface area contributed by atoms with E-state index >= 15 is 0 Å². The summed E-state index contributed by atoms with van der Waals surface area (Å²) >= 11 is 18.6. The Hall–Kier alpha value is -2.00. The molecule has 1 saturated carbocycles. The van der Waals surface area contributed by atoms with Gasteiger partial charge in [-0.05, 0) is 49.6 Å². The number of rotatable bonds is 9. The standard InChI is InChI=1S/C24H28Cl3N3O4S/c1-16(24(32)28-19-8-4-5-9-19)29(14-17-7-3-6-10-20(17)26)23(31)15-30(35(2,33)34)22-13-18(25)11-12-21(22)27/h3,6-7,10-13,16,19H,4-5,8-9,14-15H2,1-2H3,(H,28,32)/t16-/m1/s1. The minimum Gasteiger partial charge on any atom is -0.352 e. The van der Waals surface area contributed by atoms with Gasteiger partial charge < -0.3 is 10.2 Å². The van der Waals surface area contributed by atoms with E-state index in [1.807, 2.05) is 0 Å². The first-order valence-electron chi connectivity index (χ1n) is 11.2. The Morgan fingerprint density at radius 1 is 1.06 bits per heavy atom. The fourth-order valence-electron chi connectivity index (χ4n) is 4.06. The molecule has 35 heavy (non-hydrogen) atoms. The largest absolute Gasteiger partial charge is 0.352 e. The Labute approximate surface area is 221 Å². The summed E-state index contributed by atoms with van der Waals surface area (Å²) in [5.74, 6) is -0.885. The number of hydrogen-bond acceptors (Lipinski definition) is 4. The van der Waals surface area contributed by atoms with E-state index in [0.29, 0.717) is 10.6 Å². The van der Waals surface area contributed by atoms with Crippen molar-refractivity contribution in [3.05, 3.63) is 63.1 Å². The molecule has 0 heterocycles. The van der Waals surface area contributed by atoms with Gasteiger partial charge in [-0.2, -0.15) is 0 Å². The normalized spacial score (nSPS) is 15.0. The second kappa shape index (κ2) is 11.8. The Balaban J connectivity index is 1.92. The van der Waals surface area contributed by atoms with Crippen LogP contribution in [0.4, 0.5) is 5.69 Å². The summed E-state index contributed by atoms with van der Waals surface area (Å²) in [7, 11) is -3.92. The fourth-order valence-corrected chi connectivity index (χ4v) is 5.54. The first-order chi connectivity index (χ1) is 16.5. The molecule has 0 aromatic heterocycles. The molecule has 1 atom stereocenters. The predicted molar refractivity (Wildman–Crippen MR) is 141 cm³/mol. The van der Waals surface area contributed by atoms with Crippen LogP contribution in [0, 0.1) is 0 Å². The van der Waals surface area contributed by atoms with E-state index in [1.54, 1.807) is 31.2 Å². The minimum absolute atomic E-state index is 0.0264. The molecule has 0 bridgehead atoms. The van der Waals surface area contributed by atoms with E-state index in [1.165, 1.54) is 23.1 Å². The second-order valence-corrected chi connectivity index (χ2v) is 11.8. The van der Waals surface area contributed by atoms with Crippen molar-refractivity contribution in [1.29, 1.82) is 0 Å². The van der Waals surface area contributed by atoms with Crippen LogP contribution < -0.4 is 9.62 Å². The molecule has 7 nitrogen and oxygen atoms in total. The highest BCUT2D eigenvalue weighted by atomic mass is 35.5. The summed E-state index contributed by atoms with van der Waals surface area (Å²) in [4.78, 5) is 28.0. The van der Waals surface area contributed by atoms with Crippen LogP contribution in [-0.2, 0) is 26.2 Å². The third-order valence-electron chi connectivity index (χ3n) is 6.02. The fraction of sp³-hybridized carbons (Fsp3) is 0.417. The van der Waals surface area contributed by atoms with Gasteiger partial charge in [0.2, 0.25) is 21.8 Å². The maximum atomic E-state index is 13.6. The summed E-state index contributed by atoms with van der Waals surface area (Å²) in [5.41, 5.74) is 0.713. The highest BCUT2D eigenvalue weighted by Gasteiger charge is 2.32. The van der Waals surface area contributed by atoms with Crippen LogP contribution >= 0.6 is 34.8 Å². The maximum Gasteiger partial charge on any atom is 0.244 e. The molecule has 11 heteroatoms. The predicted octanol–water partition coefficient (Wildman–Crippen LogP) is 4.89. The maximum absolute atomic E-state index is 13.6. The first-order valence-corrected chi connectivity index (χ1v) is 14.2. The van der Waals surface area contributed by atoms with Crippen LogP contribution in [-0.4, -0.2) is 50.0 Å². The third-order valence-corrected chi connectivity index (χ3v) is 8.07. The van der Waals surface area contributed by atoms with Crippen molar-refractivity contribution in [1.82, 2.24) is 10.2 Å². The summed E-state index contributed by atoms with van der Waals surface area (Å²) in [5, 5.41) is 3.84. The lowest BCUT2D eigenvalue weighted by atomic mass is 10.1. The number of halogens is 3. The van der Waals surface area contributed by atoms with Crippen LogP contribution in [0.25, 0.3) is 0 Å². The van der Waals surface area contributed by atoms with E-state index in [0.717, 1.165) is 36.2 Å². The molecule has 2 aromatic rings. The van der Waals surface area contributed by atoms with Crippen molar-refractivity contribution < 1.29 is 18.0 Å². The van der Waals surface area contributed by atoms with Gasteiger partial charge >= 0.3 is 0 Å². The van der Waals surface area contributed by atoms with E-state index in [2.05, 4.69) is 5.32 Å². The van der Waals surface area contributed by atoms with E-state index < -0.39 is 28.5 Å². The SMILES string of the molecule is C[C@H](C(=O)NC1CCCC1)N(Cc1ccccc1Cl)C(=O)CN(c1cc(Cl)ccc1Cl)S(C)(=O)=O. The number of amides is 2. The third kappa shape index (κ3) is 7.26. The molecule has 2 aromatic carbocycles. The Bertz CT molecular complexity index is 1190. The zero-order chi connectivity index (χ0) is 25.8. The molecule has 3 rings (SSSR count). The van der Waals surface area contributed by atoms with Gasteiger partial charge in [0, 0.05) is 22.6 Å². The number of nitrogens with zero attached hydrogens (tertiary/aromatic N) is 2. The number of sulfonamides is 1. The zero-order valence-electron chi connectivity index (χ0n) is 19.5.